The van der Waals surface area contributed by atoms with Crippen molar-refractivity contribution in [1.82, 2.24) is 41.5 Å². The maximum Gasteiger partial charge on any atom is 0.337 e. The van der Waals surface area contributed by atoms with E-state index in [1.165, 1.54) is 58.7 Å². The van der Waals surface area contributed by atoms with Crippen LogP contribution in [0.5, 0.6) is 0 Å². The van der Waals surface area contributed by atoms with Crippen LogP contribution < -0.4 is 26.6 Å². The third-order valence-electron chi connectivity index (χ3n) is 12.1. The molecule has 0 atom stereocenters. The molecule has 8 rings (SSSR count). The number of likely N-dealkylation sites (N-methyl/N-ethyl adjacent to an activating group) is 2. The van der Waals surface area contributed by atoms with Gasteiger partial charge in [0, 0.05) is 19.4 Å². The third kappa shape index (κ3) is 16.5. The van der Waals surface area contributed by atoms with Gasteiger partial charge in [-0.15, -0.1) is 12.4 Å². The van der Waals surface area contributed by atoms with Gasteiger partial charge in [0.2, 0.25) is 0 Å². The topological polar surface area (TPSA) is 230 Å². The van der Waals surface area contributed by atoms with E-state index in [9.17, 15) is 28.8 Å². The number of carbonyl (C=O) groups is 6. The normalized spacial score (nSPS) is 12.1. The molecule has 0 aliphatic heterocycles. The van der Waals surface area contributed by atoms with Crippen LogP contribution in [0.15, 0.2) is 122 Å². The standard InChI is InChI=1S/C28H29ClN4O4.C23H20ClN3O3.C5H11NO2.ClH/c1-3-37-25(34)17-33(2)27(35)20-14-23(29)24(30-15-20)16-31-28(36)32-26-21-10-6-4-8-18(21)12-13-19-9-5-7-11-22(19)26;24-19-11-16(22(28)29)12-25-20(19)13-26-23(30)27-21-17-7-3-1-5-14(17)9-10-15-6-2-4-8-18(15)21;1-3-8-5(7)4-6-2;/h4-11,14-15,26H,3,12-13,16-17H2,1-2H3,(H2,31,32,36);1-8,11-12,21H,9-10,13H2,(H,28,29)(H2,26,27,30);6H,3-4H2,1-2H3;1H. The van der Waals surface area contributed by atoms with E-state index in [2.05, 4.69) is 77.7 Å². The predicted octanol–water partition coefficient (Wildman–Crippen LogP) is 8.37. The number of urea groups is 2. The van der Waals surface area contributed by atoms with Crippen molar-refractivity contribution < 1.29 is 43.3 Å². The van der Waals surface area contributed by atoms with Gasteiger partial charge < -0.3 is 46.1 Å². The number of rotatable bonds is 14. The van der Waals surface area contributed by atoms with Gasteiger partial charge in [0.1, 0.15) is 6.54 Å². The highest BCUT2D eigenvalue weighted by atomic mass is 35.5. The van der Waals surface area contributed by atoms with Crippen LogP contribution in [0.4, 0.5) is 9.59 Å². The summed E-state index contributed by atoms with van der Waals surface area (Å²) in [6.07, 6.45) is 6.26. The number of ether oxygens (including phenoxy) is 2. The van der Waals surface area contributed by atoms with Crippen LogP contribution in [-0.2, 0) is 57.8 Å². The zero-order valence-corrected chi connectivity index (χ0v) is 44.8. The number of pyridine rings is 2. The van der Waals surface area contributed by atoms with Gasteiger partial charge in [-0.25, -0.2) is 14.4 Å². The van der Waals surface area contributed by atoms with Crippen LogP contribution in [-0.4, -0.2) is 96.3 Å². The molecule has 2 aliphatic rings. The number of nitrogens with one attached hydrogen (secondary N) is 5. The van der Waals surface area contributed by atoms with Crippen molar-refractivity contribution in [3.63, 3.8) is 0 Å². The minimum absolute atomic E-state index is 0. The fourth-order valence-electron chi connectivity index (χ4n) is 8.53. The number of aromatic nitrogens is 2. The maximum absolute atomic E-state index is 13.0. The average Bonchev–Trinajstić information content (AvgIpc) is 3.66. The second kappa shape index (κ2) is 29.5. The van der Waals surface area contributed by atoms with Gasteiger partial charge in [0.15, 0.2) is 0 Å². The maximum atomic E-state index is 13.0. The molecule has 400 valence electrons. The summed E-state index contributed by atoms with van der Waals surface area (Å²) in [6, 6.07) is 34.1. The molecule has 0 spiro atoms. The monoisotopic (exact) mass is 1090 g/mol. The van der Waals surface area contributed by atoms with Crippen LogP contribution in [0.2, 0.25) is 10.0 Å². The first kappa shape index (κ1) is 59.3. The highest BCUT2D eigenvalue weighted by Crippen LogP contribution is 2.34. The molecule has 0 radical (unpaired) electrons. The number of carboxylic acids is 1. The van der Waals surface area contributed by atoms with Crippen molar-refractivity contribution in [3.8, 4) is 0 Å². The second-order valence-electron chi connectivity index (χ2n) is 17.2. The number of halogens is 3. The van der Waals surface area contributed by atoms with Gasteiger partial charge in [0.25, 0.3) is 5.91 Å². The number of esters is 2. The van der Waals surface area contributed by atoms with E-state index in [-0.39, 0.29) is 89.9 Å². The van der Waals surface area contributed by atoms with Gasteiger partial charge in [0.05, 0.1) is 77.5 Å². The summed E-state index contributed by atoms with van der Waals surface area (Å²) < 4.78 is 9.46. The highest BCUT2D eigenvalue weighted by Gasteiger charge is 2.27. The minimum Gasteiger partial charge on any atom is -0.478 e. The van der Waals surface area contributed by atoms with Gasteiger partial charge >= 0.3 is 30.0 Å². The molecule has 0 fully saturated rings. The number of nitrogens with zero attached hydrogens (tertiary/aromatic N) is 3. The third-order valence-corrected chi connectivity index (χ3v) is 12.8. The highest BCUT2D eigenvalue weighted by molar-refractivity contribution is 6.32. The molecule has 0 saturated heterocycles. The Morgan fingerprint density at radius 1 is 0.605 bits per heavy atom. The molecule has 0 bridgehead atoms. The quantitative estimate of drug-likeness (QED) is 0.0566. The SMILES string of the molecule is CCOC(=O)CN(C)C(=O)c1cnc(CNC(=O)NC2c3ccccc3CCc3ccccc32)c(Cl)c1.CCOC(=O)CNC.Cl.O=C(NCc1ncc(C(=O)O)cc1Cl)NC1c2ccccc2CCc2ccccc21. The fourth-order valence-corrected chi connectivity index (χ4v) is 8.99. The van der Waals surface area contributed by atoms with Crippen molar-refractivity contribution in [3.05, 3.63) is 199 Å². The zero-order valence-electron chi connectivity index (χ0n) is 42.5. The Bertz CT molecular complexity index is 2900. The van der Waals surface area contributed by atoms with Gasteiger partial charge in [-0.1, -0.05) is 120 Å². The van der Waals surface area contributed by atoms with E-state index in [4.69, 9.17) is 33.0 Å². The lowest BCUT2D eigenvalue weighted by molar-refractivity contribution is -0.143. The Morgan fingerprint density at radius 3 is 1.34 bits per heavy atom. The first-order valence-electron chi connectivity index (χ1n) is 24.3. The molecular weight excluding hydrogens is 1040 g/mol. The fraction of sp³-hybridized carbons (Fsp3) is 0.286. The van der Waals surface area contributed by atoms with Crippen LogP contribution in [0.25, 0.3) is 0 Å². The van der Waals surface area contributed by atoms with E-state index >= 15 is 0 Å². The van der Waals surface area contributed by atoms with E-state index in [1.54, 1.807) is 20.9 Å². The molecule has 4 aromatic carbocycles. The number of carbonyl (C=O) groups excluding carboxylic acids is 5. The van der Waals surface area contributed by atoms with Gasteiger partial charge in [-0.05, 0) is 103 Å². The first-order chi connectivity index (χ1) is 36.2. The smallest absolute Gasteiger partial charge is 0.337 e. The predicted molar refractivity (Wildman–Crippen MR) is 292 cm³/mol. The Labute approximate surface area is 457 Å². The average molecular weight is 1100 g/mol. The Hall–Kier alpha value is -7.57. The summed E-state index contributed by atoms with van der Waals surface area (Å²) >= 11 is 12.5. The summed E-state index contributed by atoms with van der Waals surface area (Å²) in [6.45, 7) is 4.46. The molecule has 2 aliphatic carbocycles. The summed E-state index contributed by atoms with van der Waals surface area (Å²) in [5.74, 6) is -2.21. The van der Waals surface area contributed by atoms with E-state index < -0.39 is 17.8 Å². The number of aromatic carboxylic acids is 1. The molecule has 76 heavy (non-hydrogen) atoms. The molecule has 0 unspecified atom stereocenters. The van der Waals surface area contributed by atoms with E-state index in [1.807, 2.05) is 60.7 Å². The molecule has 2 aromatic heterocycles. The van der Waals surface area contributed by atoms with Crippen molar-refractivity contribution in [2.24, 2.45) is 0 Å². The van der Waals surface area contributed by atoms with Gasteiger partial charge in [-0.3, -0.25) is 24.4 Å². The number of hydrogen-bond donors (Lipinski definition) is 6. The van der Waals surface area contributed by atoms with Crippen molar-refractivity contribution >= 4 is 71.5 Å². The minimum atomic E-state index is -1.10. The zero-order chi connectivity index (χ0) is 53.9. The summed E-state index contributed by atoms with van der Waals surface area (Å²) in [5, 5.41) is 23.9. The summed E-state index contributed by atoms with van der Waals surface area (Å²) in [5.41, 5.74) is 10.2. The molecule has 6 N–H and O–H groups in total. The van der Waals surface area contributed by atoms with E-state index in [0.29, 0.717) is 24.5 Å². The lowest BCUT2D eigenvalue weighted by Gasteiger charge is -2.22. The van der Waals surface area contributed by atoms with Crippen LogP contribution in [0, 0.1) is 0 Å². The molecule has 6 aromatic rings. The number of benzene rings is 4. The van der Waals surface area contributed by atoms with Crippen molar-refractivity contribution in [2.75, 3.05) is 40.4 Å². The number of hydrogen-bond acceptors (Lipinski definition) is 11. The van der Waals surface area contributed by atoms with Crippen molar-refractivity contribution in [2.45, 2.75) is 64.7 Å². The summed E-state index contributed by atoms with van der Waals surface area (Å²) in [7, 11) is 3.20. The molecule has 0 saturated carbocycles. The second-order valence-corrected chi connectivity index (χ2v) is 18.0. The van der Waals surface area contributed by atoms with Crippen molar-refractivity contribution in [1.29, 1.82) is 0 Å². The van der Waals surface area contributed by atoms with Gasteiger partial charge in [-0.2, -0.15) is 0 Å². The summed E-state index contributed by atoms with van der Waals surface area (Å²) in [4.78, 5) is 80.8. The first-order valence-corrected chi connectivity index (χ1v) is 25.1. The number of fused-ring (bicyclic) bond motifs is 4. The Morgan fingerprint density at radius 2 is 0.974 bits per heavy atom. The van der Waals surface area contributed by atoms with E-state index in [0.717, 1.165) is 47.9 Å². The lowest BCUT2D eigenvalue weighted by atomic mass is 9.95. The molecule has 20 heteroatoms. The molecule has 2 heterocycles. The Balaban J connectivity index is 0.000000246. The largest absolute Gasteiger partial charge is 0.478 e. The number of carboxylic acid groups (broad SMARTS) is 1. The molecule has 17 nitrogen and oxygen atoms in total. The van der Waals surface area contributed by atoms with Crippen LogP contribution >= 0.6 is 35.6 Å². The van der Waals surface area contributed by atoms with Crippen LogP contribution in [0.1, 0.15) is 103 Å². The number of amides is 5. The lowest BCUT2D eigenvalue weighted by Crippen LogP contribution is -2.38. The number of aryl methyl sites for hydroxylation is 4. The van der Waals surface area contributed by atoms with Crippen LogP contribution in [0.3, 0.4) is 0 Å². The molecule has 5 amide bonds. The molecular formula is C56H61Cl3N8O9. The Kier molecular flexibility index (Phi) is 23.0.